The van der Waals surface area contributed by atoms with Crippen molar-refractivity contribution in [2.75, 3.05) is 16.2 Å². The average Bonchev–Trinajstić information content (AvgIpc) is 2.87. The lowest BCUT2D eigenvalue weighted by Gasteiger charge is -2.26. The Kier molecular flexibility index (Phi) is 3.57. The number of hydrogen-bond acceptors (Lipinski definition) is 3. The van der Waals surface area contributed by atoms with Crippen molar-refractivity contribution in [3.05, 3.63) is 52.8 Å². The number of carbonyl (C=O) groups excluding carboxylic acids is 1. The van der Waals surface area contributed by atoms with Gasteiger partial charge in [-0.05, 0) is 66.8 Å². The number of nitrogens with one attached hydrogen (secondary N) is 1. The van der Waals surface area contributed by atoms with Gasteiger partial charge >= 0.3 is 0 Å². The standard InChI is InChI=1S/C18H17FN2O3S/c1-11-7-15(4-5-16(11)19)25(23,24)20-14-8-12-3-2-6-21-17(22)10-13(9-14)18(12)21/h4-5,7-9,20H,2-3,6,10H2,1H3. The first kappa shape index (κ1) is 16.1. The second-order valence-electron chi connectivity index (χ2n) is 6.49. The molecule has 0 aliphatic carbocycles. The maximum Gasteiger partial charge on any atom is 0.261 e. The van der Waals surface area contributed by atoms with Crippen LogP contribution in [0.5, 0.6) is 0 Å². The molecule has 2 aliphatic heterocycles. The zero-order valence-electron chi connectivity index (χ0n) is 13.7. The predicted octanol–water partition coefficient (Wildman–Crippen LogP) is 2.77. The van der Waals surface area contributed by atoms with Gasteiger partial charge in [0.05, 0.1) is 17.0 Å². The lowest BCUT2D eigenvalue weighted by Crippen LogP contribution is -2.31. The first-order valence-electron chi connectivity index (χ1n) is 8.10. The van der Waals surface area contributed by atoms with Gasteiger partial charge in [-0.2, -0.15) is 0 Å². The molecule has 5 nitrogen and oxygen atoms in total. The van der Waals surface area contributed by atoms with Gasteiger partial charge in [-0.1, -0.05) is 0 Å². The topological polar surface area (TPSA) is 66.5 Å². The van der Waals surface area contributed by atoms with Crippen LogP contribution in [-0.2, 0) is 27.7 Å². The van der Waals surface area contributed by atoms with Gasteiger partial charge in [0.25, 0.3) is 10.0 Å². The van der Waals surface area contributed by atoms with Crippen molar-refractivity contribution in [2.45, 2.75) is 31.1 Å². The number of nitrogens with zero attached hydrogens (tertiary/aromatic N) is 1. The van der Waals surface area contributed by atoms with E-state index in [1.54, 1.807) is 17.0 Å². The number of carbonyl (C=O) groups is 1. The summed E-state index contributed by atoms with van der Waals surface area (Å²) in [5.74, 6) is -0.385. The molecule has 0 aromatic heterocycles. The van der Waals surface area contributed by atoms with Crippen LogP contribution in [0.4, 0.5) is 15.8 Å². The van der Waals surface area contributed by atoms with E-state index < -0.39 is 15.8 Å². The van der Waals surface area contributed by atoms with Crippen LogP contribution in [0.25, 0.3) is 0 Å². The molecule has 0 fully saturated rings. The summed E-state index contributed by atoms with van der Waals surface area (Å²) in [5.41, 5.74) is 3.50. The van der Waals surface area contributed by atoms with E-state index in [0.717, 1.165) is 42.3 Å². The Morgan fingerprint density at radius 3 is 2.68 bits per heavy atom. The van der Waals surface area contributed by atoms with E-state index in [2.05, 4.69) is 4.72 Å². The molecule has 7 heteroatoms. The number of anilines is 2. The van der Waals surface area contributed by atoms with E-state index in [4.69, 9.17) is 0 Å². The number of aryl methyl sites for hydroxylation is 2. The summed E-state index contributed by atoms with van der Waals surface area (Å²) >= 11 is 0. The molecule has 0 spiro atoms. The van der Waals surface area contributed by atoms with Crippen molar-refractivity contribution in [3.63, 3.8) is 0 Å². The highest BCUT2D eigenvalue weighted by Crippen LogP contribution is 2.39. The Labute approximate surface area is 145 Å². The third-order valence-corrected chi connectivity index (χ3v) is 6.08. The fraction of sp³-hybridized carbons (Fsp3) is 0.278. The minimum atomic E-state index is -3.82. The van der Waals surface area contributed by atoms with Crippen molar-refractivity contribution in [3.8, 4) is 0 Å². The van der Waals surface area contributed by atoms with E-state index in [0.29, 0.717) is 12.1 Å². The quantitative estimate of drug-likeness (QED) is 0.915. The van der Waals surface area contributed by atoms with Crippen molar-refractivity contribution in [1.29, 1.82) is 0 Å². The normalized spacial score (nSPS) is 16.1. The second-order valence-corrected chi connectivity index (χ2v) is 8.17. The highest BCUT2D eigenvalue weighted by atomic mass is 32.2. The first-order valence-corrected chi connectivity index (χ1v) is 9.58. The minimum absolute atomic E-state index is 0.0123. The molecular formula is C18H17FN2O3S. The molecule has 2 aliphatic rings. The van der Waals surface area contributed by atoms with Crippen LogP contribution in [0.2, 0.25) is 0 Å². The van der Waals surface area contributed by atoms with Crippen molar-refractivity contribution < 1.29 is 17.6 Å². The van der Waals surface area contributed by atoms with Crippen LogP contribution in [0, 0.1) is 12.7 Å². The van der Waals surface area contributed by atoms with E-state index in [9.17, 15) is 17.6 Å². The lowest BCUT2D eigenvalue weighted by molar-refractivity contribution is -0.117. The van der Waals surface area contributed by atoms with Crippen molar-refractivity contribution in [1.82, 2.24) is 0 Å². The number of halogens is 1. The Hall–Kier alpha value is -2.41. The predicted molar refractivity (Wildman–Crippen MR) is 92.8 cm³/mol. The van der Waals surface area contributed by atoms with Crippen LogP contribution >= 0.6 is 0 Å². The summed E-state index contributed by atoms with van der Waals surface area (Å²) in [6, 6.07) is 7.20. The van der Waals surface area contributed by atoms with Crippen LogP contribution < -0.4 is 9.62 Å². The molecule has 0 atom stereocenters. The van der Waals surface area contributed by atoms with Gasteiger partial charge in [0.2, 0.25) is 5.91 Å². The summed E-state index contributed by atoms with van der Waals surface area (Å²) in [6.07, 6.45) is 1.98. The number of amides is 1. The van der Waals surface area contributed by atoms with Crippen molar-refractivity contribution in [2.24, 2.45) is 0 Å². The van der Waals surface area contributed by atoms with Crippen LogP contribution in [0.1, 0.15) is 23.1 Å². The third-order valence-electron chi connectivity index (χ3n) is 4.70. The maximum atomic E-state index is 13.4. The van der Waals surface area contributed by atoms with Gasteiger partial charge < -0.3 is 4.90 Å². The summed E-state index contributed by atoms with van der Waals surface area (Å²) in [5, 5.41) is 0. The third kappa shape index (κ3) is 2.68. The zero-order chi connectivity index (χ0) is 17.8. The van der Waals surface area contributed by atoms with E-state index in [1.807, 2.05) is 0 Å². The number of rotatable bonds is 3. The summed E-state index contributed by atoms with van der Waals surface area (Å²) in [7, 11) is -3.82. The van der Waals surface area contributed by atoms with Gasteiger partial charge in [0.1, 0.15) is 5.82 Å². The molecule has 130 valence electrons. The molecule has 4 rings (SSSR count). The lowest BCUT2D eigenvalue weighted by atomic mass is 9.99. The molecule has 2 aromatic carbocycles. The monoisotopic (exact) mass is 360 g/mol. The smallest absolute Gasteiger partial charge is 0.261 e. The molecule has 2 heterocycles. The highest BCUT2D eigenvalue weighted by molar-refractivity contribution is 7.92. The largest absolute Gasteiger partial charge is 0.312 e. The minimum Gasteiger partial charge on any atom is -0.312 e. The summed E-state index contributed by atoms with van der Waals surface area (Å²) in [4.78, 5) is 13.9. The fourth-order valence-corrected chi connectivity index (χ4v) is 4.66. The SMILES string of the molecule is Cc1cc(S(=O)(=O)Nc2cc3c4c(c2)CC(=O)N4CCC3)ccc1F. The molecular weight excluding hydrogens is 343 g/mol. The maximum absolute atomic E-state index is 13.4. The molecule has 1 amide bonds. The molecule has 1 N–H and O–H groups in total. The van der Waals surface area contributed by atoms with Gasteiger partial charge in [0, 0.05) is 12.2 Å². The van der Waals surface area contributed by atoms with Crippen LogP contribution in [0.3, 0.4) is 0 Å². The van der Waals surface area contributed by atoms with Gasteiger partial charge in [0.15, 0.2) is 0 Å². The molecule has 25 heavy (non-hydrogen) atoms. The molecule has 0 saturated heterocycles. The Bertz CT molecular complexity index is 1000. The van der Waals surface area contributed by atoms with Crippen LogP contribution in [-0.4, -0.2) is 20.9 Å². The fourth-order valence-electron chi connectivity index (χ4n) is 3.54. The molecule has 0 unspecified atom stereocenters. The molecule has 0 bridgehead atoms. The van der Waals surface area contributed by atoms with Gasteiger partial charge in [-0.15, -0.1) is 0 Å². The molecule has 0 saturated carbocycles. The molecule has 0 radical (unpaired) electrons. The van der Waals surface area contributed by atoms with Crippen molar-refractivity contribution >= 4 is 27.3 Å². The Morgan fingerprint density at radius 2 is 1.92 bits per heavy atom. The van der Waals surface area contributed by atoms with E-state index >= 15 is 0 Å². The molecule has 2 aromatic rings. The average molecular weight is 360 g/mol. The summed E-state index contributed by atoms with van der Waals surface area (Å²) in [6.45, 7) is 2.24. The first-order chi connectivity index (χ1) is 11.8. The van der Waals surface area contributed by atoms with Gasteiger partial charge in [-0.25, -0.2) is 12.8 Å². The van der Waals surface area contributed by atoms with E-state index in [-0.39, 0.29) is 16.4 Å². The Morgan fingerprint density at radius 1 is 1.16 bits per heavy atom. The summed E-state index contributed by atoms with van der Waals surface area (Å²) < 4.78 is 41.1. The van der Waals surface area contributed by atoms with Crippen LogP contribution in [0.15, 0.2) is 35.2 Å². The number of hydrogen-bond donors (Lipinski definition) is 1. The van der Waals surface area contributed by atoms with E-state index in [1.165, 1.54) is 19.1 Å². The zero-order valence-corrected chi connectivity index (χ0v) is 14.5. The Balaban J connectivity index is 1.71. The highest BCUT2D eigenvalue weighted by Gasteiger charge is 2.32. The second kappa shape index (κ2) is 5.56. The number of benzene rings is 2. The number of sulfonamides is 1. The van der Waals surface area contributed by atoms with Gasteiger partial charge in [-0.3, -0.25) is 9.52 Å².